The van der Waals surface area contributed by atoms with Crippen LogP contribution in [0.1, 0.15) is 24.3 Å². The number of nitrogens with one attached hydrogen (secondary N) is 1. The van der Waals surface area contributed by atoms with Gasteiger partial charge in [-0.15, -0.1) is 0 Å². The smallest absolute Gasteiger partial charge is 0.245 e. The van der Waals surface area contributed by atoms with Gasteiger partial charge in [0, 0.05) is 18.2 Å². The fraction of sp³-hybridized carbons (Fsp3) is 0.529. The number of nitrogens with zero attached hydrogens (tertiary/aromatic N) is 2. The number of aryl methyl sites for hydroxylation is 2. The molecule has 1 saturated carbocycles. The fourth-order valence-corrected chi connectivity index (χ4v) is 4.89. The topological polar surface area (TPSA) is 135 Å². The summed E-state index contributed by atoms with van der Waals surface area (Å²) >= 11 is 0. The highest BCUT2D eigenvalue weighted by Gasteiger charge is 2.45. The Hall–Kier alpha value is -2.01. The number of ether oxygens (including phenoxy) is 1. The molecule has 3 N–H and O–H groups in total. The van der Waals surface area contributed by atoms with E-state index in [1.54, 1.807) is 31.5 Å². The van der Waals surface area contributed by atoms with E-state index >= 15 is 0 Å². The molecule has 3 rings (SSSR count). The third-order valence-corrected chi connectivity index (χ3v) is 6.43. The van der Waals surface area contributed by atoms with Crippen molar-refractivity contribution >= 4 is 10.0 Å². The molecule has 0 spiro atoms. The maximum Gasteiger partial charge on any atom is 0.245 e. The van der Waals surface area contributed by atoms with E-state index in [-0.39, 0.29) is 42.3 Å². The lowest BCUT2D eigenvalue weighted by Gasteiger charge is -2.29. The Balaban J connectivity index is 1.76. The Morgan fingerprint density at radius 3 is 2.59 bits per heavy atom. The van der Waals surface area contributed by atoms with Crippen molar-refractivity contribution in [3.8, 4) is 5.75 Å². The van der Waals surface area contributed by atoms with Crippen LogP contribution in [0.15, 0.2) is 33.9 Å². The fourth-order valence-electron chi connectivity index (χ4n) is 3.40. The first kappa shape index (κ1) is 19.7. The SMILES string of the molecule is Cc1noc(C)c1S(=O)(=O)NCC1(COc2cccnc2)C[C@@H](O)[C@@H](O)C1. The van der Waals surface area contributed by atoms with Crippen molar-refractivity contribution in [3.05, 3.63) is 36.0 Å². The van der Waals surface area contributed by atoms with Crippen molar-refractivity contribution in [2.75, 3.05) is 13.2 Å². The summed E-state index contributed by atoms with van der Waals surface area (Å²) in [6, 6.07) is 3.46. The molecule has 0 bridgehead atoms. The van der Waals surface area contributed by atoms with Gasteiger partial charge in [0.25, 0.3) is 0 Å². The van der Waals surface area contributed by atoms with Crippen LogP contribution in [0.2, 0.25) is 0 Å². The second-order valence-corrected chi connectivity index (χ2v) is 8.70. The molecule has 2 aromatic heterocycles. The molecular formula is C17H23N3O6S. The van der Waals surface area contributed by atoms with E-state index in [4.69, 9.17) is 9.26 Å². The van der Waals surface area contributed by atoms with Gasteiger partial charge in [0.2, 0.25) is 10.0 Å². The van der Waals surface area contributed by atoms with Gasteiger partial charge < -0.3 is 19.5 Å². The van der Waals surface area contributed by atoms with Gasteiger partial charge in [-0.3, -0.25) is 4.98 Å². The molecule has 0 aromatic carbocycles. The van der Waals surface area contributed by atoms with E-state index in [0.717, 1.165) is 0 Å². The molecule has 0 amide bonds. The van der Waals surface area contributed by atoms with Crippen LogP contribution in [0.3, 0.4) is 0 Å². The number of hydrogen-bond donors (Lipinski definition) is 3. The zero-order valence-corrected chi connectivity index (χ0v) is 15.9. The number of aliphatic hydroxyl groups is 2. The Bertz CT molecular complexity index is 854. The highest BCUT2D eigenvalue weighted by molar-refractivity contribution is 7.89. The van der Waals surface area contributed by atoms with Gasteiger partial charge in [0.1, 0.15) is 16.3 Å². The molecule has 1 unspecified atom stereocenters. The van der Waals surface area contributed by atoms with Crippen LogP contribution in [0, 0.1) is 19.3 Å². The summed E-state index contributed by atoms with van der Waals surface area (Å²) in [6.45, 7) is 3.19. The Kier molecular flexibility index (Phi) is 5.52. The summed E-state index contributed by atoms with van der Waals surface area (Å²) in [6.07, 6.45) is 1.70. The summed E-state index contributed by atoms with van der Waals surface area (Å²) in [5.41, 5.74) is -0.493. The second kappa shape index (κ2) is 7.55. The summed E-state index contributed by atoms with van der Waals surface area (Å²) in [5, 5.41) is 23.7. The Morgan fingerprint density at radius 1 is 1.33 bits per heavy atom. The predicted molar refractivity (Wildman–Crippen MR) is 94.6 cm³/mol. The highest BCUT2D eigenvalue weighted by Crippen LogP contribution is 2.39. The van der Waals surface area contributed by atoms with Crippen molar-refractivity contribution in [3.63, 3.8) is 0 Å². The van der Waals surface area contributed by atoms with E-state index in [9.17, 15) is 18.6 Å². The maximum absolute atomic E-state index is 12.7. The van der Waals surface area contributed by atoms with Gasteiger partial charge in [-0.2, -0.15) is 0 Å². The number of pyridine rings is 1. The summed E-state index contributed by atoms with van der Waals surface area (Å²) in [7, 11) is -3.86. The molecule has 9 nitrogen and oxygen atoms in total. The molecule has 3 atom stereocenters. The van der Waals surface area contributed by atoms with E-state index in [1.807, 2.05) is 0 Å². The first-order valence-corrected chi connectivity index (χ1v) is 10.0. The van der Waals surface area contributed by atoms with Crippen LogP contribution in [0.4, 0.5) is 0 Å². The van der Waals surface area contributed by atoms with Crippen molar-refractivity contribution in [2.24, 2.45) is 5.41 Å². The van der Waals surface area contributed by atoms with Gasteiger partial charge in [0.15, 0.2) is 5.76 Å². The first-order chi connectivity index (χ1) is 12.7. The van der Waals surface area contributed by atoms with Gasteiger partial charge in [-0.05, 0) is 38.8 Å². The van der Waals surface area contributed by atoms with Crippen molar-refractivity contribution < 1.29 is 27.9 Å². The van der Waals surface area contributed by atoms with E-state index in [1.165, 1.54) is 6.92 Å². The first-order valence-electron chi connectivity index (χ1n) is 8.54. The van der Waals surface area contributed by atoms with E-state index < -0.39 is 27.6 Å². The average molecular weight is 397 g/mol. The molecular weight excluding hydrogens is 374 g/mol. The molecule has 0 aliphatic heterocycles. The number of sulfonamides is 1. The molecule has 27 heavy (non-hydrogen) atoms. The average Bonchev–Trinajstić information content (AvgIpc) is 3.12. The van der Waals surface area contributed by atoms with E-state index in [2.05, 4.69) is 14.9 Å². The zero-order valence-electron chi connectivity index (χ0n) is 15.1. The van der Waals surface area contributed by atoms with Crippen LogP contribution < -0.4 is 9.46 Å². The van der Waals surface area contributed by atoms with Gasteiger partial charge in [0.05, 0.1) is 25.0 Å². The molecule has 1 fully saturated rings. The summed E-state index contributed by atoms with van der Waals surface area (Å²) in [4.78, 5) is 3.97. The molecule has 148 valence electrons. The number of aromatic nitrogens is 2. The summed E-state index contributed by atoms with van der Waals surface area (Å²) < 4.78 is 38.6. The zero-order chi connectivity index (χ0) is 19.7. The lowest BCUT2D eigenvalue weighted by Crippen LogP contribution is -2.40. The molecule has 2 aromatic rings. The third kappa shape index (κ3) is 4.29. The van der Waals surface area contributed by atoms with Crippen LogP contribution >= 0.6 is 0 Å². The molecule has 0 radical (unpaired) electrons. The lowest BCUT2D eigenvalue weighted by atomic mass is 9.87. The molecule has 0 saturated heterocycles. The third-order valence-electron chi connectivity index (χ3n) is 4.78. The van der Waals surface area contributed by atoms with Crippen LogP contribution in [0.5, 0.6) is 5.75 Å². The molecule has 2 heterocycles. The lowest BCUT2D eigenvalue weighted by molar-refractivity contribution is 0.0438. The van der Waals surface area contributed by atoms with Gasteiger partial charge in [-0.1, -0.05) is 5.16 Å². The number of hydrogen-bond acceptors (Lipinski definition) is 8. The van der Waals surface area contributed by atoms with Crippen LogP contribution in [-0.2, 0) is 10.0 Å². The van der Waals surface area contributed by atoms with Crippen molar-refractivity contribution in [1.82, 2.24) is 14.9 Å². The minimum Gasteiger partial charge on any atom is -0.491 e. The summed E-state index contributed by atoms with van der Waals surface area (Å²) in [5.74, 6) is 0.730. The Labute approximate surface area is 157 Å². The quantitative estimate of drug-likeness (QED) is 0.616. The van der Waals surface area contributed by atoms with E-state index in [0.29, 0.717) is 5.75 Å². The standard InChI is InChI=1S/C17H23N3O6S/c1-11-16(12(2)26-20-11)27(23,24)19-9-17(6-14(21)15(22)7-17)10-25-13-4-3-5-18-8-13/h3-5,8,14-15,19,21-22H,6-7,9-10H2,1-2H3/t14-,15+,17?. The highest BCUT2D eigenvalue weighted by atomic mass is 32.2. The number of aliphatic hydroxyl groups excluding tert-OH is 2. The largest absolute Gasteiger partial charge is 0.491 e. The molecule has 1 aliphatic rings. The monoisotopic (exact) mass is 397 g/mol. The number of rotatable bonds is 7. The normalized spacial score (nSPS) is 25.6. The predicted octanol–water partition coefficient (Wildman–Crippen LogP) is 0.546. The maximum atomic E-state index is 12.7. The van der Waals surface area contributed by atoms with Crippen LogP contribution in [0.25, 0.3) is 0 Å². The van der Waals surface area contributed by atoms with Crippen molar-refractivity contribution in [2.45, 2.75) is 43.8 Å². The molecule has 10 heteroatoms. The molecule has 1 aliphatic carbocycles. The minimum atomic E-state index is -3.86. The second-order valence-electron chi connectivity index (χ2n) is 7.00. The van der Waals surface area contributed by atoms with Crippen LogP contribution in [-0.4, -0.2) is 54.1 Å². The van der Waals surface area contributed by atoms with Gasteiger partial charge in [-0.25, -0.2) is 13.1 Å². The Morgan fingerprint density at radius 2 is 2.04 bits per heavy atom. The van der Waals surface area contributed by atoms with Gasteiger partial charge >= 0.3 is 0 Å². The van der Waals surface area contributed by atoms with Crippen molar-refractivity contribution in [1.29, 1.82) is 0 Å². The minimum absolute atomic E-state index is 0.00456.